The van der Waals surface area contributed by atoms with E-state index in [1.165, 1.54) is 0 Å². The van der Waals surface area contributed by atoms with Gasteiger partial charge in [0.1, 0.15) is 5.82 Å². The molecule has 0 aliphatic heterocycles. The molecule has 6 heteroatoms. The van der Waals surface area contributed by atoms with Gasteiger partial charge in [0.2, 0.25) is 0 Å². The molecule has 0 bridgehead atoms. The van der Waals surface area contributed by atoms with Crippen LogP contribution < -0.4 is 14.8 Å². The largest absolute Gasteiger partial charge is 0.493 e. The number of amides is 1. The number of nitrogens with zero attached hydrogens (tertiary/aromatic N) is 2. The SMILES string of the molecule is C/C=C/c1ccc(OCC(=O)Nc2c3c(nn2-c2ccccc2)CCC3)c(OC)c1. The number of fused-ring (bicyclic) bond motifs is 1. The predicted octanol–water partition coefficient (Wildman–Crippen LogP) is 4.42. The van der Waals surface area contributed by atoms with Crippen molar-refractivity contribution >= 4 is 17.8 Å². The molecule has 154 valence electrons. The zero-order valence-corrected chi connectivity index (χ0v) is 17.2. The van der Waals surface area contributed by atoms with E-state index in [4.69, 9.17) is 14.6 Å². The summed E-state index contributed by atoms with van der Waals surface area (Å²) in [6.07, 6.45) is 6.84. The number of ether oxygens (including phenoxy) is 2. The molecule has 6 nitrogen and oxygen atoms in total. The van der Waals surface area contributed by atoms with Gasteiger partial charge in [0.15, 0.2) is 18.1 Å². The van der Waals surface area contributed by atoms with Crippen molar-refractivity contribution in [2.45, 2.75) is 26.2 Å². The minimum absolute atomic E-state index is 0.117. The Morgan fingerprint density at radius 3 is 2.77 bits per heavy atom. The Kier molecular flexibility index (Phi) is 5.84. The van der Waals surface area contributed by atoms with Crippen molar-refractivity contribution < 1.29 is 14.3 Å². The van der Waals surface area contributed by atoms with E-state index in [9.17, 15) is 4.79 Å². The molecule has 0 saturated carbocycles. The molecule has 0 spiro atoms. The number of aromatic nitrogens is 2. The van der Waals surface area contributed by atoms with Crippen LogP contribution in [0.2, 0.25) is 0 Å². The van der Waals surface area contributed by atoms with Gasteiger partial charge in [-0.25, -0.2) is 4.68 Å². The first-order valence-corrected chi connectivity index (χ1v) is 10.1. The molecule has 1 heterocycles. The molecular weight excluding hydrogens is 378 g/mol. The van der Waals surface area contributed by atoms with Crippen LogP contribution in [0.15, 0.2) is 54.6 Å². The second-order valence-corrected chi connectivity index (χ2v) is 7.12. The van der Waals surface area contributed by atoms with Gasteiger partial charge in [-0.2, -0.15) is 5.10 Å². The molecule has 0 unspecified atom stereocenters. The Balaban J connectivity index is 1.50. The number of benzene rings is 2. The van der Waals surface area contributed by atoms with E-state index in [1.54, 1.807) is 7.11 Å². The monoisotopic (exact) mass is 403 g/mol. The molecular formula is C24H25N3O3. The lowest BCUT2D eigenvalue weighted by atomic mass is 10.2. The molecule has 0 atom stereocenters. The average Bonchev–Trinajstić information content (AvgIpc) is 3.36. The summed E-state index contributed by atoms with van der Waals surface area (Å²) in [5.74, 6) is 1.62. The Hall–Kier alpha value is -3.54. The van der Waals surface area contributed by atoms with Gasteiger partial charge in [0.05, 0.1) is 18.5 Å². The van der Waals surface area contributed by atoms with Crippen LogP contribution in [0.25, 0.3) is 11.8 Å². The molecule has 3 aromatic rings. The first kappa shape index (κ1) is 19.8. The van der Waals surface area contributed by atoms with E-state index < -0.39 is 0 Å². The normalized spacial score (nSPS) is 12.7. The average molecular weight is 403 g/mol. The number of hydrogen-bond acceptors (Lipinski definition) is 4. The zero-order chi connectivity index (χ0) is 20.9. The molecule has 30 heavy (non-hydrogen) atoms. The first-order valence-electron chi connectivity index (χ1n) is 10.1. The standard InChI is InChI=1S/C24H25N3O3/c1-3-8-17-13-14-21(22(15-17)29-2)30-16-23(28)25-24-19-11-7-12-20(19)26-27(24)18-9-5-4-6-10-18/h3-6,8-10,13-15H,7,11-12,16H2,1-2H3,(H,25,28)/b8-3+. The third kappa shape index (κ3) is 4.08. The lowest BCUT2D eigenvalue weighted by molar-refractivity contribution is -0.118. The van der Waals surface area contributed by atoms with Crippen LogP contribution in [-0.4, -0.2) is 29.4 Å². The van der Waals surface area contributed by atoms with Gasteiger partial charge >= 0.3 is 0 Å². The number of nitrogens with one attached hydrogen (secondary N) is 1. The molecule has 1 aliphatic rings. The Morgan fingerprint density at radius 1 is 1.17 bits per heavy atom. The number of carbonyl (C=O) groups excluding carboxylic acids is 1. The molecule has 0 saturated heterocycles. The molecule has 1 aromatic heterocycles. The van der Waals surface area contributed by atoms with Crippen LogP contribution in [0.1, 0.15) is 30.2 Å². The van der Waals surface area contributed by atoms with E-state index >= 15 is 0 Å². The number of hydrogen-bond donors (Lipinski definition) is 1. The van der Waals surface area contributed by atoms with Crippen molar-refractivity contribution in [3.8, 4) is 17.2 Å². The molecule has 1 aliphatic carbocycles. The summed E-state index contributed by atoms with van der Waals surface area (Å²) in [5.41, 5.74) is 4.09. The number of carbonyl (C=O) groups is 1. The van der Waals surface area contributed by atoms with Crippen LogP contribution in [0.4, 0.5) is 5.82 Å². The summed E-state index contributed by atoms with van der Waals surface area (Å²) in [6, 6.07) is 15.4. The highest BCUT2D eigenvalue weighted by Crippen LogP contribution is 2.31. The summed E-state index contributed by atoms with van der Waals surface area (Å²) in [5, 5.41) is 7.73. The van der Waals surface area contributed by atoms with Crippen LogP contribution in [0.3, 0.4) is 0 Å². The van der Waals surface area contributed by atoms with Gasteiger partial charge in [-0.15, -0.1) is 0 Å². The van der Waals surface area contributed by atoms with Gasteiger partial charge in [-0.3, -0.25) is 4.79 Å². The highest BCUT2D eigenvalue weighted by atomic mass is 16.5. The predicted molar refractivity (Wildman–Crippen MR) is 117 cm³/mol. The van der Waals surface area contributed by atoms with Gasteiger partial charge in [-0.1, -0.05) is 36.4 Å². The lowest BCUT2D eigenvalue weighted by Crippen LogP contribution is -2.22. The second kappa shape index (κ2) is 8.86. The van der Waals surface area contributed by atoms with E-state index in [1.807, 2.05) is 72.3 Å². The number of allylic oxidation sites excluding steroid dienone is 1. The number of methoxy groups -OCH3 is 1. The van der Waals surface area contributed by atoms with Crippen LogP contribution >= 0.6 is 0 Å². The van der Waals surface area contributed by atoms with Crippen molar-refractivity contribution in [3.05, 3.63) is 71.4 Å². The van der Waals surface area contributed by atoms with E-state index in [0.29, 0.717) is 11.5 Å². The molecule has 2 aromatic carbocycles. The number of aryl methyl sites for hydroxylation is 1. The number of anilines is 1. The maximum Gasteiger partial charge on any atom is 0.263 e. The molecule has 1 N–H and O–H groups in total. The van der Waals surface area contributed by atoms with Crippen molar-refractivity contribution in [1.82, 2.24) is 9.78 Å². The molecule has 0 radical (unpaired) electrons. The maximum atomic E-state index is 12.7. The molecule has 1 amide bonds. The summed E-state index contributed by atoms with van der Waals surface area (Å²) in [4.78, 5) is 12.7. The third-order valence-corrected chi connectivity index (χ3v) is 5.07. The van der Waals surface area contributed by atoms with Crippen LogP contribution in [0, 0.1) is 0 Å². The smallest absolute Gasteiger partial charge is 0.263 e. The van der Waals surface area contributed by atoms with Gasteiger partial charge in [0.25, 0.3) is 5.91 Å². The van der Waals surface area contributed by atoms with Gasteiger partial charge < -0.3 is 14.8 Å². The minimum Gasteiger partial charge on any atom is -0.493 e. The van der Waals surface area contributed by atoms with Crippen LogP contribution in [0.5, 0.6) is 11.5 Å². The van der Waals surface area contributed by atoms with Crippen LogP contribution in [-0.2, 0) is 17.6 Å². The third-order valence-electron chi connectivity index (χ3n) is 5.07. The molecule has 0 fully saturated rings. The summed E-state index contributed by atoms with van der Waals surface area (Å²) in [6.45, 7) is 1.84. The highest BCUT2D eigenvalue weighted by molar-refractivity contribution is 5.92. The van der Waals surface area contributed by atoms with Crippen molar-refractivity contribution in [3.63, 3.8) is 0 Å². The fraction of sp³-hybridized carbons (Fsp3) is 0.250. The van der Waals surface area contributed by atoms with Gasteiger partial charge in [0, 0.05) is 5.56 Å². The topological polar surface area (TPSA) is 65.4 Å². The summed E-state index contributed by atoms with van der Waals surface area (Å²) in [7, 11) is 1.59. The summed E-state index contributed by atoms with van der Waals surface area (Å²) >= 11 is 0. The number of para-hydroxylation sites is 1. The van der Waals surface area contributed by atoms with E-state index in [0.717, 1.165) is 47.6 Å². The van der Waals surface area contributed by atoms with Crippen molar-refractivity contribution in [1.29, 1.82) is 0 Å². The Morgan fingerprint density at radius 2 is 2.00 bits per heavy atom. The van der Waals surface area contributed by atoms with Crippen molar-refractivity contribution in [2.24, 2.45) is 0 Å². The maximum absolute atomic E-state index is 12.7. The number of rotatable bonds is 7. The van der Waals surface area contributed by atoms with Gasteiger partial charge in [-0.05, 0) is 56.0 Å². The Bertz CT molecular complexity index is 1070. The first-order chi connectivity index (χ1) is 14.7. The highest BCUT2D eigenvalue weighted by Gasteiger charge is 2.24. The quantitative estimate of drug-likeness (QED) is 0.634. The lowest BCUT2D eigenvalue weighted by Gasteiger charge is -2.13. The fourth-order valence-electron chi connectivity index (χ4n) is 3.69. The zero-order valence-electron chi connectivity index (χ0n) is 17.2. The summed E-state index contributed by atoms with van der Waals surface area (Å²) < 4.78 is 13.0. The molecule has 4 rings (SSSR count). The van der Waals surface area contributed by atoms with E-state index in [-0.39, 0.29) is 12.5 Å². The Labute approximate surface area is 176 Å². The van der Waals surface area contributed by atoms with Crippen molar-refractivity contribution in [2.75, 3.05) is 19.0 Å². The van der Waals surface area contributed by atoms with E-state index in [2.05, 4.69) is 5.32 Å². The second-order valence-electron chi connectivity index (χ2n) is 7.12. The fourth-order valence-corrected chi connectivity index (χ4v) is 3.69. The minimum atomic E-state index is -0.235.